The normalized spacial score (nSPS) is 11.6. The third-order valence-corrected chi connectivity index (χ3v) is 3.66. The molecule has 0 aliphatic rings. The number of carbonyl (C=O) groups excluding carboxylic acids is 1. The maximum absolute atomic E-state index is 11.8. The van der Waals surface area contributed by atoms with Crippen LogP contribution in [0, 0.1) is 0 Å². The summed E-state index contributed by atoms with van der Waals surface area (Å²) >= 11 is 0. The zero-order valence-electron chi connectivity index (χ0n) is 14.1. The number of nitrogens with one attached hydrogen (secondary N) is 2. The number of anilines is 1. The molecule has 0 bridgehead atoms. The second kappa shape index (κ2) is 8.85. The molecule has 1 rings (SSSR count). The molecule has 1 aromatic heterocycles. The maximum atomic E-state index is 11.8. The van der Waals surface area contributed by atoms with Gasteiger partial charge in [0.15, 0.2) is 5.82 Å². The van der Waals surface area contributed by atoms with Gasteiger partial charge in [0.05, 0.1) is 0 Å². The van der Waals surface area contributed by atoms with Crippen molar-refractivity contribution in [2.24, 2.45) is 0 Å². The van der Waals surface area contributed by atoms with Crippen LogP contribution >= 0.6 is 0 Å². The van der Waals surface area contributed by atoms with Gasteiger partial charge in [-0.3, -0.25) is 9.89 Å². The monoisotopic (exact) mass is 293 g/mol. The Labute approximate surface area is 129 Å². The Hall–Kier alpha value is -1.32. The minimum Gasteiger partial charge on any atom is -0.309 e. The first kappa shape index (κ1) is 17.7. The van der Waals surface area contributed by atoms with Crippen LogP contribution in [0.3, 0.4) is 0 Å². The third kappa shape index (κ3) is 7.30. The van der Waals surface area contributed by atoms with Crippen molar-refractivity contribution in [1.29, 1.82) is 0 Å². The summed E-state index contributed by atoms with van der Waals surface area (Å²) in [6, 6.07) is 1.92. The molecular formula is C17H31N3O. The van der Waals surface area contributed by atoms with Gasteiger partial charge in [0.2, 0.25) is 5.91 Å². The molecule has 4 heteroatoms. The van der Waals surface area contributed by atoms with Gasteiger partial charge in [-0.2, -0.15) is 5.10 Å². The number of rotatable bonds is 9. The molecule has 0 saturated heterocycles. The highest BCUT2D eigenvalue weighted by Crippen LogP contribution is 2.22. The van der Waals surface area contributed by atoms with Crippen molar-refractivity contribution in [2.75, 3.05) is 5.32 Å². The Morgan fingerprint density at radius 3 is 2.33 bits per heavy atom. The Balaban J connectivity index is 2.18. The van der Waals surface area contributed by atoms with Crippen LogP contribution in [0.2, 0.25) is 0 Å². The van der Waals surface area contributed by atoms with Crippen molar-refractivity contribution < 1.29 is 4.79 Å². The summed E-state index contributed by atoms with van der Waals surface area (Å²) in [6.45, 7) is 8.57. The van der Waals surface area contributed by atoms with Crippen molar-refractivity contribution in [1.82, 2.24) is 10.2 Å². The van der Waals surface area contributed by atoms with E-state index in [9.17, 15) is 4.79 Å². The molecule has 0 atom stereocenters. The Bertz CT molecular complexity index is 418. The molecule has 0 aliphatic carbocycles. The fraction of sp³-hybridized carbons (Fsp3) is 0.765. The molecule has 0 unspecified atom stereocenters. The molecule has 1 aromatic rings. The van der Waals surface area contributed by atoms with Crippen LogP contribution in [-0.2, 0) is 10.2 Å². The molecule has 0 aromatic carbocycles. The lowest BCUT2D eigenvalue weighted by atomic mass is 9.92. The van der Waals surface area contributed by atoms with E-state index >= 15 is 0 Å². The zero-order valence-corrected chi connectivity index (χ0v) is 14.1. The number of hydrogen-bond donors (Lipinski definition) is 2. The lowest BCUT2D eigenvalue weighted by molar-refractivity contribution is -0.116. The summed E-state index contributed by atoms with van der Waals surface area (Å²) in [5.41, 5.74) is 1.06. The van der Waals surface area contributed by atoms with Crippen molar-refractivity contribution in [3.8, 4) is 0 Å². The number of amides is 1. The molecule has 120 valence electrons. The van der Waals surface area contributed by atoms with Gasteiger partial charge in [-0.15, -0.1) is 0 Å². The first-order valence-electron chi connectivity index (χ1n) is 8.29. The fourth-order valence-electron chi connectivity index (χ4n) is 2.22. The standard InChI is InChI=1S/C17H31N3O/c1-5-6-7-8-9-10-11-12-16(21)18-15-13-14(19-20-15)17(2,3)4/h13H,5-12H2,1-4H3,(H2,18,19,20,21). The van der Waals surface area contributed by atoms with Gasteiger partial charge in [0, 0.05) is 23.6 Å². The summed E-state index contributed by atoms with van der Waals surface area (Å²) in [7, 11) is 0. The van der Waals surface area contributed by atoms with Crippen molar-refractivity contribution in [3.05, 3.63) is 11.8 Å². The number of H-pyrrole nitrogens is 1. The van der Waals surface area contributed by atoms with E-state index in [1.165, 1.54) is 32.1 Å². The molecule has 21 heavy (non-hydrogen) atoms. The maximum Gasteiger partial charge on any atom is 0.225 e. The lowest BCUT2D eigenvalue weighted by Gasteiger charge is -2.14. The number of carbonyl (C=O) groups is 1. The summed E-state index contributed by atoms with van der Waals surface area (Å²) in [4.78, 5) is 11.8. The van der Waals surface area contributed by atoms with Crippen molar-refractivity contribution >= 4 is 11.7 Å². The summed E-state index contributed by atoms with van der Waals surface area (Å²) in [5.74, 6) is 0.698. The van der Waals surface area contributed by atoms with Crippen LogP contribution in [-0.4, -0.2) is 16.1 Å². The van der Waals surface area contributed by atoms with E-state index in [1.54, 1.807) is 0 Å². The Morgan fingerprint density at radius 2 is 1.76 bits per heavy atom. The van der Waals surface area contributed by atoms with Gasteiger partial charge in [-0.05, 0) is 6.42 Å². The minimum absolute atomic E-state index is 0.0223. The topological polar surface area (TPSA) is 57.8 Å². The van der Waals surface area contributed by atoms with E-state index in [0.717, 1.165) is 18.5 Å². The van der Waals surface area contributed by atoms with E-state index in [-0.39, 0.29) is 11.3 Å². The van der Waals surface area contributed by atoms with Gasteiger partial charge >= 0.3 is 0 Å². The van der Waals surface area contributed by atoms with Crippen LogP contribution in [0.5, 0.6) is 0 Å². The van der Waals surface area contributed by atoms with Crippen LogP contribution in [0.15, 0.2) is 6.07 Å². The average molecular weight is 293 g/mol. The highest BCUT2D eigenvalue weighted by molar-refractivity contribution is 5.89. The largest absolute Gasteiger partial charge is 0.309 e. The molecular weight excluding hydrogens is 262 g/mol. The van der Waals surface area contributed by atoms with Gasteiger partial charge in [0.25, 0.3) is 0 Å². The van der Waals surface area contributed by atoms with Crippen LogP contribution in [0.4, 0.5) is 5.82 Å². The van der Waals surface area contributed by atoms with E-state index < -0.39 is 0 Å². The number of unbranched alkanes of at least 4 members (excludes halogenated alkanes) is 6. The first-order valence-corrected chi connectivity index (χ1v) is 8.29. The van der Waals surface area contributed by atoms with E-state index in [2.05, 4.69) is 43.2 Å². The zero-order chi connectivity index (χ0) is 15.7. The minimum atomic E-state index is 0.0223. The molecule has 1 amide bonds. The highest BCUT2D eigenvalue weighted by Gasteiger charge is 2.17. The Kier molecular flexibility index (Phi) is 7.48. The highest BCUT2D eigenvalue weighted by atomic mass is 16.1. The molecule has 0 aliphatic heterocycles. The van der Waals surface area contributed by atoms with Crippen LogP contribution in [0.25, 0.3) is 0 Å². The predicted octanol–water partition coefficient (Wildman–Crippen LogP) is 4.79. The van der Waals surface area contributed by atoms with E-state index in [1.807, 2.05) is 6.07 Å². The summed E-state index contributed by atoms with van der Waals surface area (Å²) < 4.78 is 0. The average Bonchev–Trinajstić information content (AvgIpc) is 2.86. The number of nitrogens with zero attached hydrogens (tertiary/aromatic N) is 1. The van der Waals surface area contributed by atoms with Gasteiger partial charge in [0.1, 0.15) is 0 Å². The second-order valence-electron chi connectivity index (χ2n) is 6.84. The SMILES string of the molecule is CCCCCCCCCC(=O)Nc1cc(C(C)(C)C)[nH]n1. The quantitative estimate of drug-likeness (QED) is 0.643. The fourth-order valence-corrected chi connectivity index (χ4v) is 2.22. The first-order chi connectivity index (χ1) is 9.93. The summed E-state index contributed by atoms with van der Waals surface area (Å²) in [6.07, 6.45) is 9.17. The Morgan fingerprint density at radius 1 is 1.14 bits per heavy atom. The molecule has 4 nitrogen and oxygen atoms in total. The molecule has 0 radical (unpaired) electrons. The van der Waals surface area contributed by atoms with Crippen LogP contribution < -0.4 is 5.32 Å². The number of aromatic nitrogens is 2. The third-order valence-electron chi connectivity index (χ3n) is 3.66. The molecule has 2 N–H and O–H groups in total. The molecule has 0 fully saturated rings. The second-order valence-corrected chi connectivity index (χ2v) is 6.84. The predicted molar refractivity (Wildman–Crippen MR) is 88.5 cm³/mol. The van der Waals surface area contributed by atoms with Gasteiger partial charge in [-0.1, -0.05) is 66.2 Å². The van der Waals surface area contributed by atoms with E-state index in [4.69, 9.17) is 0 Å². The van der Waals surface area contributed by atoms with E-state index in [0.29, 0.717) is 12.2 Å². The molecule has 0 saturated carbocycles. The summed E-state index contributed by atoms with van der Waals surface area (Å²) in [5, 5.41) is 9.99. The van der Waals surface area contributed by atoms with Crippen molar-refractivity contribution in [2.45, 2.75) is 84.5 Å². The van der Waals surface area contributed by atoms with Crippen molar-refractivity contribution in [3.63, 3.8) is 0 Å². The molecule has 0 spiro atoms. The smallest absolute Gasteiger partial charge is 0.225 e. The van der Waals surface area contributed by atoms with Crippen LogP contribution in [0.1, 0.15) is 84.8 Å². The van der Waals surface area contributed by atoms with Gasteiger partial charge in [-0.25, -0.2) is 0 Å². The number of aromatic amines is 1. The molecule has 1 heterocycles. The van der Waals surface area contributed by atoms with Gasteiger partial charge < -0.3 is 5.32 Å². The number of hydrogen-bond acceptors (Lipinski definition) is 2. The lowest BCUT2D eigenvalue weighted by Crippen LogP contribution is -2.12.